The zero-order valence-corrected chi connectivity index (χ0v) is 15.9. The van der Waals surface area contributed by atoms with Crippen LogP contribution in [0.5, 0.6) is 0 Å². The molecule has 0 aliphatic carbocycles. The zero-order chi connectivity index (χ0) is 18.0. The number of sulfonamides is 1. The first kappa shape index (κ1) is 21.0. The number of hydrogen-bond acceptors (Lipinski definition) is 4. The molecule has 1 saturated heterocycles. The van der Waals surface area contributed by atoms with Crippen molar-refractivity contribution in [1.82, 2.24) is 19.4 Å². The van der Waals surface area contributed by atoms with Crippen LogP contribution in [0.3, 0.4) is 0 Å². The lowest BCUT2D eigenvalue weighted by atomic mass is 10.1. The zero-order valence-electron chi connectivity index (χ0n) is 13.6. The van der Waals surface area contributed by atoms with Gasteiger partial charge in [0.15, 0.2) is 0 Å². The number of benzene rings is 1. The van der Waals surface area contributed by atoms with E-state index in [1.807, 2.05) is 0 Å². The van der Waals surface area contributed by atoms with Gasteiger partial charge in [-0.05, 0) is 11.6 Å². The lowest BCUT2D eigenvalue weighted by molar-refractivity contribution is 0.121. The lowest BCUT2D eigenvalue weighted by Gasteiger charge is -2.35. The molecule has 1 atom stereocenters. The Balaban J connectivity index is 0.00000243. The summed E-state index contributed by atoms with van der Waals surface area (Å²) in [7, 11) is -3.88. The van der Waals surface area contributed by atoms with Crippen molar-refractivity contribution < 1.29 is 17.2 Å². The minimum Gasteiger partial charge on any atom is -0.313 e. The Bertz CT molecular complexity index is 848. The molecule has 0 spiro atoms. The summed E-state index contributed by atoms with van der Waals surface area (Å²) >= 11 is 6.23. The minimum absolute atomic E-state index is 0. The molecule has 2 aromatic rings. The quantitative estimate of drug-likeness (QED) is 0.797. The molecule has 1 aliphatic rings. The summed E-state index contributed by atoms with van der Waals surface area (Å²) in [6, 6.07) is 6.57. The van der Waals surface area contributed by atoms with E-state index in [0.717, 1.165) is 17.1 Å². The Morgan fingerprint density at radius 2 is 2.08 bits per heavy atom. The van der Waals surface area contributed by atoms with Crippen molar-refractivity contribution in [3.63, 3.8) is 0 Å². The van der Waals surface area contributed by atoms with Gasteiger partial charge in [0.05, 0.1) is 12.2 Å². The number of nitrogens with zero attached hydrogens (tertiary/aromatic N) is 3. The molecule has 0 saturated carbocycles. The van der Waals surface area contributed by atoms with Gasteiger partial charge in [0.2, 0.25) is 10.0 Å². The van der Waals surface area contributed by atoms with E-state index in [1.54, 1.807) is 24.3 Å². The van der Waals surface area contributed by atoms with Crippen LogP contribution >= 0.6 is 24.0 Å². The molecule has 6 nitrogen and oxygen atoms in total. The molecule has 3 rings (SSSR count). The van der Waals surface area contributed by atoms with Crippen molar-refractivity contribution >= 4 is 34.0 Å². The third kappa shape index (κ3) is 4.34. The highest BCUT2D eigenvalue weighted by Crippen LogP contribution is 2.32. The highest BCUT2D eigenvalue weighted by Gasteiger charge is 2.36. The molecule has 1 aliphatic heterocycles. The maximum atomic E-state index is 13.0. The van der Waals surface area contributed by atoms with Crippen molar-refractivity contribution in [2.24, 2.45) is 0 Å². The van der Waals surface area contributed by atoms with Crippen LogP contribution in [0.25, 0.3) is 0 Å². The molecule has 26 heavy (non-hydrogen) atoms. The predicted octanol–water partition coefficient (Wildman–Crippen LogP) is 2.56. The van der Waals surface area contributed by atoms with Crippen LogP contribution in [0.15, 0.2) is 41.6 Å². The van der Waals surface area contributed by atoms with E-state index < -0.39 is 29.0 Å². The van der Waals surface area contributed by atoms with E-state index >= 15 is 0 Å². The SMILES string of the molecule is Cl.O=S(=O)(c1cnn(CC(F)F)c1)N1CCNCC1c1ccccc1Cl. The average molecular weight is 427 g/mol. The van der Waals surface area contributed by atoms with E-state index in [1.165, 1.54) is 4.31 Å². The molecule has 0 amide bonds. The minimum atomic E-state index is -3.88. The molecular formula is C15H18Cl2F2N4O2S. The summed E-state index contributed by atoms with van der Waals surface area (Å²) in [5, 5.41) is 7.36. The number of nitrogens with one attached hydrogen (secondary N) is 1. The fraction of sp³-hybridized carbons (Fsp3) is 0.400. The number of alkyl halides is 2. The van der Waals surface area contributed by atoms with Gasteiger partial charge < -0.3 is 5.32 Å². The number of aromatic nitrogens is 2. The second-order valence-corrected chi connectivity index (χ2v) is 7.94. The molecule has 1 aromatic carbocycles. The first-order valence-corrected chi connectivity index (χ1v) is 9.49. The molecule has 0 radical (unpaired) electrons. The third-order valence-corrected chi connectivity index (χ3v) is 6.20. The van der Waals surface area contributed by atoms with Crippen molar-refractivity contribution in [3.8, 4) is 0 Å². The van der Waals surface area contributed by atoms with Gasteiger partial charge in [0, 0.05) is 30.9 Å². The van der Waals surface area contributed by atoms with Gasteiger partial charge in [-0.2, -0.15) is 9.40 Å². The molecule has 1 aromatic heterocycles. The molecule has 11 heteroatoms. The summed E-state index contributed by atoms with van der Waals surface area (Å²) in [6.07, 6.45) is -0.373. The summed E-state index contributed by atoms with van der Waals surface area (Å²) < 4.78 is 53.2. The predicted molar refractivity (Wildman–Crippen MR) is 96.4 cm³/mol. The van der Waals surface area contributed by atoms with Crippen LogP contribution in [0.2, 0.25) is 5.02 Å². The van der Waals surface area contributed by atoms with Crippen LogP contribution in [-0.2, 0) is 16.6 Å². The Morgan fingerprint density at radius 1 is 1.35 bits per heavy atom. The Kier molecular flexibility index (Phi) is 6.98. The van der Waals surface area contributed by atoms with Gasteiger partial charge in [-0.1, -0.05) is 29.8 Å². The number of halogens is 4. The molecule has 0 bridgehead atoms. The third-order valence-electron chi connectivity index (χ3n) is 4.00. The summed E-state index contributed by atoms with van der Waals surface area (Å²) in [6.45, 7) is 0.503. The van der Waals surface area contributed by atoms with Gasteiger partial charge in [-0.15, -0.1) is 12.4 Å². The lowest BCUT2D eigenvalue weighted by Crippen LogP contribution is -2.48. The highest BCUT2D eigenvalue weighted by atomic mass is 35.5. The Hall–Kier alpha value is -1.26. The average Bonchev–Trinajstić information content (AvgIpc) is 3.04. The second-order valence-electron chi connectivity index (χ2n) is 5.65. The maximum Gasteiger partial charge on any atom is 0.257 e. The largest absolute Gasteiger partial charge is 0.313 e. The van der Waals surface area contributed by atoms with E-state index in [4.69, 9.17) is 11.6 Å². The number of rotatable bonds is 5. The smallest absolute Gasteiger partial charge is 0.257 e. The first-order valence-electron chi connectivity index (χ1n) is 7.67. The molecule has 2 heterocycles. The highest BCUT2D eigenvalue weighted by molar-refractivity contribution is 7.89. The van der Waals surface area contributed by atoms with Gasteiger partial charge in [-0.3, -0.25) is 4.68 Å². The molecule has 1 fully saturated rings. The van der Waals surface area contributed by atoms with Crippen molar-refractivity contribution in [2.45, 2.75) is 23.9 Å². The van der Waals surface area contributed by atoms with Crippen molar-refractivity contribution in [1.29, 1.82) is 0 Å². The van der Waals surface area contributed by atoms with Gasteiger partial charge in [-0.25, -0.2) is 17.2 Å². The molecule has 1 N–H and O–H groups in total. The number of piperazine rings is 1. The van der Waals surface area contributed by atoms with E-state index in [0.29, 0.717) is 23.7 Å². The van der Waals surface area contributed by atoms with Crippen LogP contribution in [-0.4, -0.2) is 48.6 Å². The first-order chi connectivity index (χ1) is 11.9. The summed E-state index contributed by atoms with van der Waals surface area (Å²) in [5.41, 5.74) is 0.694. The number of hydrogen-bond donors (Lipinski definition) is 1. The van der Waals surface area contributed by atoms with Gasteiger partial charge in [0.1, 0.15) is 11.4 Å². The Morgan fingerprint density at radius 3 is 2.77 bits per heavy atom. The van der Waals surface area contributed by atoms with Crippen molar-refractivity contribution in [2.75, 3.05) is 19.6 Å². The van der Waals surface area contributed by atoms with Gasteiger partial charge >= 0.3 is 0 Å². The monoisotopic (exact) mass is 426 g/mol. The van der Waals surface area contributed by atoms with E-state index in [9.17, 15) is 17.2 Å². The molecular weight excluding hydrogens is 409 g/mol. The maximum absolute atomic E-state index is 13.0. The van der Waals surface area contributed by atoms with Crippen LogP contribution in [0.4, 0.5) is 8.78 Å². The topological polar surface area (TPSA) is 67.2 Å². The molecule has 144 valence electrons. The van der Waals surface area contributed by atoms with Crippen LogP contribution < -0.4 is 5.32 Å². The fourth-order valence-corrected chi connectivity index (χ4v) is 4.66. The standard InChI is InChI=1S/C15H17ClF2N4O2S.ClH/c16-13-4-2-1-3-12(13)14-8-19-5-6-22(14)25(23,24)11-7-20-21(9-11)10-15(17)18;/h1-4,7,9,14-15,19H,5-6,8,10H2;1H. The van der Waals surface area contributed by atoms with E-state index in [-0.39, 0.29) is 23.8 Å². The fourth-order valence-electron chi connectivity index (χ4n) is 2.84. The molecule has 1 unspecified atom stereocenters. The van der Waals surface area contributed by atoms with Gasteiger partial charge in [0.25, 0.3) is 6.43 Å². The normalized spacial score (nSPS) is 18.7. The van der Waals surface area contributed by atoms with Crippen LogP contribution in [0, 0.1) is 0 Å². The van der Waals surface area contributed by atoms with E-state index in [2.05, 4.69) is 10.4 Å². The Labute approximate surface area is 161 Å². The van der Waals surface area contributed by atoms with Crippen LogP contribution in [0.1, 0.15) is 11.6 Å². The van der Waals surface area contributed by atoms with Crippen molar-refractivity contribution in [3.05, 3.63) is 47.2 Å². The second kappa shape index (κ2) is 8.62. The summed E-state index contributed by atoms with van der Waals surface area (Å²) in [4.78, 5) is -0.105. The summed E-state index contributed by atoms with van der Waals surface area (Å²) in [5.74, 6) is 0.